The standard InChI is InChI=1S/C16H17N3O/c20-16(13-9-12(13)10-5-2-1-3-6-10)17-15-11-7-4-8-14(11)18-19-15/h1-3,5-6,12-13H,4,7-9H2,(H2,17,18,19,20). The average molecular weight is 267 g/mol. The minimum atomic E-state index is 0.103. The van der Waals surface area contributed by atoms with Crippen LogP contribution in [0, 0.1) is 5.92 Å². The molecule has 0 spiro atoms. The van der Waals surface area contributed by atoms with Crippen molar-refractivity contribution < 1.29 is 4.79 Å². The number of aromatic amines is 1. The predicted molar refractivity (Wildman–Crippen MR) is 76.5 cm³/mol. The van der Waals surface area contributed by atoms with Crippen molar-refractivity contribution in [3.05, 3.63) is 47.2 Å². The van der Waals surface area contributed by atoms with Gasteiger partial charge < -0.3 is 5.32 Å². The molecule has 2 unspecified atom stereocenters. The van der Waals surface area contributed by atoms with Gasteiger partial charge in [-0.15, -0.1) is 0 Å². The number of rotatable bonds is 3. The van der Waals surface area contributed by atoms with E-state index in [0.717, 1.165) is 31.5 Å². The second-order valence-corrected chi connectivity index (χ2v) is 5.73. The molecule has 4 rings (SSSR count). The summed E-state index contributed by atoms with van der Waals surface area (Å²) in [5, 5.41) is 10.3. The molecule has 2 atom stereocenters. The molecule has 1 amide bonds. The molecule has 1 fully saturated rings. The summed E-state index contributed by atoms with van der Waals surface area (Å²) in [5.41, 5.74) is 3.66. The lowest BCUT2D eigenvalue weighted by Crippen LogP contribution is -2.15. The predicted octanol–water partition coefficient (Wildman–Crippen LogP) is 2.64. The lowest BCUT2D eigenvalue weighted by molar-refractivity contribution is -0.117. The summed E-state index contributed by atoms with van der Waals surface area (Å²) in [6, 6.07) is 10.3. The van der Waals surface area contributed by atoms with Crippen LogP contribution in [0.5, 0.6) is 0 Å². The van der Waals surface area contributed by atoms with Gasteiger partial charge >= 0.3 is 0 Å². The highest BCUT2D eigenvalue weighted by Crippen LogP contribution is 2.48. The molecule has 1 aromatic heterocycles. The van der Waals surface area contributed by atoms with Crippen LogP contribution in [0.25, 0.3) is 0 Å². The largest absolute Gasteiger partial charge is 0.309 e. The van der Waals surface area contributed by atoms with Crippen LogP contribution >= 0.6 is 0 Å². The van der Waals surface area contributed by atoms with E-state index in [2.05, 4.69) is 27.6 Å². The monoisotopic (exact) mass is 267 g/mol. The van der Waals surface area contributed by atoms with Gasteiger partial charge in [-0.1, -0.05) is 30.3 Å². The molecule has 1 heterocycles. The Balaban J connectivity index is 1.45. The Bertz CT molecular complexity index is 647. The second-order valence-electron chi connectivity index (χ2n) is 5.73. The Morgan fingerprint density at radius 1 is 1.25 bits per heavy atom. The fourth-order valence-electron chi connectivity index (χ4n) is 3.19. The molecule has 0 aliphatic heterocycles. The van der Waals surface area contributed by atoms with Gasteiger partial charge in [0, 0.05) is 17.2 Å². The highest BCUT2D eigenvalue weighted by molar-refractivity contribution is 5.95. The number of fused-ring (bicyclic) bond motifs is 1. The maximum atomic E-state index is 12.3. The molecule has 0 saturated heterocycles. The molecule has 20 heavy (non-hydrogen) atoms. The van der Waals surface area contributed by atoms with Gasteiger partial charge in [0.2, 0.25) is 5.91 Å². The van der Waals surface area contributed by atoms with Gasteiger partial charge in [0.1, 0.15) is 0 Å². The normalized spacial score (nSPS) is 23.4. The second kappa shape index (κ2) is 4.47. The van der Waals surface area contributed by atoms with E-state index in [1.165, 1.54) is 16.8 Å². The van der Waals surface area contributed by atoms with Crippen molar-refractivity contribution in [3.63, 3.8) is 0 Å². The number of aromatic nitrogens is 2. The minimum Gasteiger partial charge on any atom is -0.309 e. The van der Waals surface area contributed by atoms with Crippen LogP contribution in [0.15, 0.2) is 30.3 Å². The fourth-order valence-corrected chi connectivity index (χ4v) is 3.19. The number of carbonyl (C=O) groups is 1. The highest BCUT2D eigenvalue weighted by atomic mass is 16.2. The molecule has 1 saturated carbocycles. The van der Waals surface area contributed by atoms with Gasteiger partial charge in [-0.2, -0.15) is 5.10 Å². The van der Waals surface area contributed by atoms with Crippen molar-refractivity contribution in [2.75, 3.05) is 5.32 Å². The van der Waals surface area contributed by atoms with Crippen LogP contribution < -0.4 is 5.32 Å². The lowest BCUT2D eigenvalue weighted by Gasteiger charge is -2.03. The van der Waals surface area contributed by atoms with Gasteiger partial charge in [0.25, 0.3) is 0 Å². The van der Waals surface area contributed by atoms with E-state index < -0.39 is 0 Å². The first-order chi connectivity index (χ1) is 9.83. The highest BCUT2D eigenvalue weighted by Gasteiger charge is 2.44. The first-order valence-electron chi connectivity index (χ1n) is 7.25. The Morgan fingerprint density at radius 3 is 2.95 bits per heavy atom. The molecule has 4 nitrogen and oxygen atoms in total. The van der Waals surface area contributed by atoms with E-state index in [1.54, 1.807) is 0 Å². The molecule has 0 radical (unpaired) electrons. The summed E-state index contributed by atoms with van der Waals surface area (Å²) < 4.78 is 0. The van der Waals surface area contributed by atoms with E-state index in [-0.39, 0.29) is 11.8 Å². The molecular formula is C16H17N3O. The quantitative estimate of drug-likeness (QED) is 0.898. The van der Waals surface area contributed by atoms with Crippen molar-refractivity contribution in [2.24, 2.45) is 5.92 Å². The Labute approximate surface area is 117 Å². The molecule has 1 aromatic carbocycles. The van der Waals surface area contributed by atoms with E-state index in [9.17, 15) is 4.79 Å². The van der Waals surface area contributed by atoms with Gasteiger partial charge in [-0.3, -0.25) is 9.89 Å². The number of nitrogens with one attached hydrogen (secondary N) is 2. The fraction of sp³-hybridized carbons (Fsp3) is 0.375. The number of amides is 1. The van der Waals surface area contributed by atoms with Crippen LogP contribution in [0.4, 0.5) is 5.82 Å². The smallest absolute Gasteiger partial charge is 0.229 e. The van der Waals surface area contributed by atoms with Crippen molar-refractivity contribution in [1.82, 2.24) is 10.2 Å². The van der Waals surface area contributed by atoms with Crippen molar-refractivity contribution in [3.8, 4) is 0 Å². The molecule has 4 heteroatoms. The lowest BCUT2D eigenvalue weighted by atomic mass is 10.1. The van der Waals surface area contributed by atoms with Gasteiger partial charge in [0.15, 0.2) is 5.82 Å². The zero-order valence-corrected chi connectivity index (χ0v) is 11.2. The van der Waals surface area contributed by atoms with Crippen molar-refractivity contribution in [2.45, 2.75) is 31.6 Å². The first-order valence-corrected chi connectivity index (χ1v) is 7.25. The van der Waals surface area contributed by atoms with E-state index in [4.69, 9.17) is 0 Å². The molecular weight excluding hydrogens is 250 g/mol. The zero-order valence-electron chi connectivity index (χ0n) is 11.2. The number of benzene rings is 1. The topological polar surface area (TPSA) is 57.8 Å². The molecule has 2 N–H and O–H groups in total. The summed E-state index contributed by atoms with van der Waals surface area (Å²) in [7, 11) is 0. The van der Waals surface area contributed by atoms with Crippen LogP contribution in [-0.4, -0.2) is 16.1 Å². The van der Waals surface area contributed by atoms with Crippen LogP contribution in [0.2, 0.25) is 0 Å². The first kappa shape index (κ1) is 11.7. The maximum Gasteiger partial charge on any atom is 0.229 e. The average Bonchev–Trinajstić information content (AvgIpc) is 3.00. The Morgan fingerprint density at radius 2 is 2.10 bits per heavy atom. The summed E-state index contributed by atoms with van der Waals surface area (Å²) in [5.74, 6) is 1.34. The number of hydrogen-bond acceptors (Lipinski definition) is 2. The third-order valence-electron chi connectivity index (χ3n) is 4.40. The number of carbonyl (C=O) groups excluding carboxylic acids is 1. The molecule has 2 aromatic rings. The van der Waals surface area contributed by atoms with E-state index in [1.807, 2.05) is 18.2 Å². The molecule has 2 aliphatic rings. The van der Waals surface area contributed by atoms with Gasteiger partial charge in [-0.05, 0) is 37.2 Å². The van der Waals surface area contributed by atoms with Gasteiger partial charge in [0.05, 0.1) is 0 Å². The SMILES string of the molecule is O=C(Nc1n[nH]c2c1CCC2)C1CC1c1ccccc1. The third kappa shape index (κ3) is 1.92. The number of nitrogens with zero attached hydrogens (tertiary/aromatic N) is 1. The van der Waals surface area contributed by atoms with Crippen LogP contribution in [0.3, 0.4) is 0 Å². The summed E-state index contributed by atoms with van der Waals surface area (Å²) >= 11 is 0. The number of anilines is 1. The summed E-state index contributed by atoms with van der Waals surface area (Å²) in [4.78, 5) is 12.3. The summed E-state index contributed by atoms with van der Waals surface area (Å²) in [6.07, 6.45) is 4.17. The number of aryl methyl sites for hydroxylation is 1. The molecule has 102 valence electrons. The maximum absolute atomic E-state index is 12.3. The zero-order chi connectivity index (χ0) is 13.5. The Kier molecular flexibility index (Phi) is 2.62. The van der Waals surface area contributed by atoms with Crippen LogP contribution in [0.1, 0.15) is 35.6 Å². The van der Waals surface area contributed by atoms with Crippen molar-refractivity contribution >= 4 is 11.7 Å². The van der Waals surface area contributed by atoms with Crippen molar-refractivity contribution in [1.29, 1.82) is 0 Å². The number of H-pyrrole nitrogens is 1. The molecule has 2 aliphatic carbocycles. The summed E-state index contributed by atoms with van der Waals surface area (Å²) in [6.45, 7) is 0. The van der Waals surface area contributed by atoms with Crippen LogP contribution in [-0.2, 0) is 17.6 Å². The number of hydrogen-bond donors (Lipinski definition) is 2. The minimum absolute atomic E-state index is 0.103. The van der Waals surface area contributed by atoms with E-state index >= 15 is 0 Å². The van der Waals surface area contributed by atoms with Gasteiger partial charge in [-0.25, -0.2) is 0 Å². The Hall–Kier alpha value is -2.10. The van der Waals surface area contributed by atoms with E-state index in [0.29, 0.717) is 5.92 Å². The molecule has 0 bridgehead atoms. The third-order valence-corrected chi connectivity index (χ3v) is 4.40.